The summed E-state index contributed by atoms with van der Waals surface area (Å²) >= 11 is 0. The van der Waals surface area contributed by atoms with Crippen LogP contribution in [0.15, 0.2) is 127 Å². The molecule has 158 valence electrons. The summed E-state index contributed by atoms with van der Waals surface area (Å²) in [4.78, 5) is 0. The van der Waals surface area contributed by atoms with Crippen LogP contribution >= 0.6 is 0 Å². The Hall–Kier alpha value is -3.72. The minimum Gasteiger partial charge on any atom is -0.411 e. The van der Waals surface area contributed by atoms with Gasteiger partial charge in [0.2, 0.25) is 0 Å². The Labute approximate surface area is 196 Å². The SMILES string of the molecule is [SiH3]OC(c1cccc2ccccc12)(c1cccc2ccccc12)c1cccc2ccccc12. The molecule has 0 aliphatic heterocycles. The molecule has 0 radical (unpaired) electrons. The van der Waals surface area contributed by atoms with Gasteiger partial charge < -0.3 is 4.43 Å². The molecule has 0 heterocycles. The van der Waals surface area contributed by atoms with Gasteiger partial charge in [-0.15, -0.1) is 0 Å². The highest BCUT2D eigenvalue weighted by Crippen LogP contribution is 2.47. The second-order valence-electron chi connectivity index (χ2n) is 8.47. The quantitative estimate of drug-likeness (QED) is 0.218. The Kier molecular flexibility index (Phi) is 4.83. The molecular weight excluding hydrogens is 416 g/mol. The van der Waals surface area contributed by atoms with E-state index in [9.17, 15) is 0 Å². The van der Waals surface area contributed by atoms with Crippen LogP contribution in [0, 0.1) is 0 Å². The van der Waals surface area contributed by atoms with Crippen LogP contribution < -0.4 is 0 Å². The van der Waals surface area contributed by atoms with E-state index < -0.39 is 5.60 Å². The molecule has 0 N–H and O–H groups in total. The van der Waals surface area contributed by atoms with Crippen molar-refractivity contribution in [3.8, 4) is 0 Å². The zero-order valence-electron chi connectivity index (χ0n) is 18.5. The lowest BCUT2D eigenvalue weighted by Crippen LogP contribution is -2.33. The third-order valence-corrected chi connectivity index (χ3v) is 7.43. The first kappa shape index (κ1) is 19.9. The highest BCUT2D eigenvalue weighted by Gasteiger charge is 2.39. The van der Waals surface area contributed by atoms with Crippen LogP contribution in [0.1, 0.15) is 16.7 Å². The van der Waals surface area contributed by atoms with E-state index in [1.165, 1.54) is 49.0 Å². The smallest absolute Gasteiger partial charge is 0.148 e. The average Bonchev–Trinajstić information content (AvgIpc) is 2.90. The fourth-order valence-corrected chi connectivity index (χ4v) is 6.02. The summed E-state index contributed by atoms with van der Waals surface area (Å²) in [6, 6.07) is 45.6. The van der Waals surface area contributed by atoms with Gasteiger partial charge in [-0.1, -0.05) is 127 Å². The lowest BCUT2D eigenvalue weighted by molar-refractivity contribution is 0.178. The van der Waals surface area contributed by atoms with Crippen LogP contribution in [0.3, 0.4) is 0 Å². The third-order valence-electron chi connectivity index (χ3n) is 6.81. The molecule has 0 saturated carbocycles. The van der Waals surface area contributed by atoms with Gasteiger partial charge in [0, 0.05) is 0 Å². The molecule has 6 rings (SSSR count). The van der Waals surface area contributed by atoms with Crippen molar-refractivity contribution in [2.75, 3.05) is 0 Å². The topological polar surface area (TPSA) is 9.23 Å². The zero-order chi connectivity index (χ0) is 22.3. The normalized spacial score (nSPS) is 12.0. The predicted molar refractivity (Wildman–Crippen MR) is 143 cm³/mol. The first-order valence-electron chi connectivity index (χ1n) is 11.3. The monoisotopic (exact) mass is 440 g/mol. The second-order valence-corrected chi connectivity index (χ2v) is 8.87. The number of benzene rings is 6. The molecule has 6 aromatic carbocycles. The molecule has 2 heteroatoms. The molecule has 0 amide bonds. The van der Waals surface area contributed by atoms with Gasteiger partial charge in [-0.2, -0.15) is 0 Å². The van der Waals surface area contributed by atoms with Crippen LogP contribution in [0.2, 0.25) is 0 Å². The van der Waals surface area contributed by atoms with Gasteiger partial charge in [0.15, 0.2) is 0 Å². The fraction of sp³-hybridized carbons (Fsp3) is 0.0323. The van der Waals surface area contributed by atoms with Gasteiger partial charge in [-0.25, -0.2) is 0 Å². The van der Waals surface area contributed by atoms with Crippen molar-refractivity contribution in [2.45, 2.75) is 5.60 Å². The molecular formula is C31H24OSi. The van der Waals surface area contributed by atoms with Crippen molar-refractivity contribution in [3.05, 3.63) is 144 Å². The Morgan fingerprint density at radius 2 is 0.697 bits per heavy atom. The Morgan fingerprint density at radius 3 is 1.03 bits per heavy atom. The van der Waals surface area contributed by atoms with Crippen LogP contribution in [-0.2, 0) is 10.0 Å². The standard InChI is InChI=1S/C31H24OSi/c33-32-31(28-19-7-13-22-10-1-4-16-25(22)28,29-20-8-14-23-11-2-5-17-26(23)29)30-21-9-15-24-12-3-6-18-27(24)30/h1-21H,33H3. The molecule has 0 aliphatic rings. The first-order chi connectivity index (χ1) is 16.3. The molecule has 0 fully saturated rings. The molecule has 0 unspecified atom stereocenters. The van der Waals surface area contributed by atoms with Gasteiger partial charge in [-0.05, 0) is 49.0 Å². The number of rotatable bonds is 4. The van der Waals surface area contributed by atoms with Crippen molar-refractivity contribution in [2.24, 2.45) is 0 Å². The summed E-state index contributed by atoms with van der Waals surface area (Å²) < 4.78 is 6.86. The number of hydrogen-bond acceptors (Lipinski definition) is 1. The highest BCUT2D eigenvalue weighted by atomic mass is 28.2. The van der Waals surface area contributed by atoms with E-state index in [4.69, 9.17) is 4.43 Å². The Balaban J connectivity index is 1.84. The summed E-state index contributed by atoms with van der Waals surface area (Å²) in [5.74, 6) is 0. The predicted octanol–water partition coefficient (Wildman–Crippen LogP) is 6.74. The molecule has 33 heavy (non-hydrogen) atoms. The van der Waals surface area contributed by atoms with Gasteiger partial charge in [0.25, 0.3) is 0 Å². The van der Waals surface area contributed by atoms with E-state index in [0.29, 0.717) is 10.5 Å². The summed E-state index contributed by atoms with van der Waals surface area (Å²) in [5, 5.41) is 7.32. The minimum absolute atomic E-state index is 0.578. The lowest BCUT2D eigenvalue weighted by Gasteiger charge is -2.37. The summed E-state index contributed by atoms with van der Waals surface area (Å²) in [6.45, 7) is 0. The molecule has 0 atom stereocenters. The average molecular weight is 441 g/mol. The fourth-order valence-electron chi connectivity index (χ4n) is 5.36. The maximum atomic E-state index is 6.86. The van der Waals surface area contributed by atoms with Gasteiger partial charge >= 0.3 is 0 Å². The van der Waals surface area contributed by atoms with E-state index in [2.05, 4.69) is 127 Å². The van der Waals surface area contributed by atoms with E-state index >= 15 is 0 Å². The lowest BCUT2D eigenvalue weighted by atomic mass is 9.75. The third kappa shape index (κ3) is 3.03. The van der Waals surface area contributed by atoms with Crippen molar-refractivity contribution in [1.29, 1.82) is 0 Å². The maximum Gasteiger partial charge on any atom is 0.148 e. The van der Waals surface area contributed by atoms with Crippen LogP contribution in [0.25, 0.3) is 32.3 Å². The first-order valence-corrected chi connectivity index (χ1v) is 12.1. The molecule has 0 aliphatic carbocycles. The van der Waals surface area contributed by atoms with Crippen molar-refractivity contribution in [1.82, 2.24) is 0 Å². The van der Waals surface area contributed by atoms with E-state index in [1.807, 2.05) is 0 Å². The van der Waals surface area contributed by atoms with Crippen molar-refractivity contribution < 1.29 is 4.43 Å². The van der Waals surface area contributed by atoms with Crippen molar-refractivity contribution in [3.63, 3.8) is 0 Å². The molecule has 0 aromatic heterocycles. The van der Waals surface area contributed by atoms with E-state index in [0.717, 1.165) is 0 Å². The van der Waals surface area contributed by atoms with Gasteiger partial charge in [0.1, 0.15) is 16.1 Å². The van der Waals surface area contributed by atoms with Crippen LogP contribution in [-0.4, -0.2) is 10.5 Å². The number of hydrogen-bond donors (Lipinski definition) is 0. The van der Waals surface area contributed by atoms with Crippen LogP contribution in [0.5, 0.6) is 0 Å². The van der Waals surface area contributed by atoms with E-state index in [-0.39, 0.29) is 0 Å². The molecule has 6 aromatic rings. The Bertz CT molecular complexity index is 1410. The Morgan fingerprint density at radius 1 is 0.394 bits per heavy atom. The summed E-state index contributed by atoms with van der Waals surface area (Å²) in [5.41, 5.74) is 2.82. The van der Waals surface area contributed by atoms with E-state index in [1.54, 1.807) is 0 Å². The van der Waals surface area contributed by atoms with Gasteiger partial charge in [-0.3, -0.25) is 0 Å². The van der Waals surface area contributed by atoms with Gasteiger partial charge in [0.05, 0.1) is 0 Å². The molecule has 1 nitrogen and oxygen atoms in total. The molecule has 0 saturated heterocycles. The highest BCUT2D eigenvalue weighted by molar-refractivity contribution is 6.01. The minimum atomic E-state index is -0.727. The number of fused-ring (bicyclic) bond motifs is 3. The summed E-state index contributed by atoms with van der Waals surface area (Å²) in [6.07, 6.45) is 0. The second kappa shape index (κ2) is 8.00. The molecule has 0 spiro atoms. The largest absolute Gasteiger partial charge is 0.411 e. The summed E-state index contributed by atoms with van der Waals surface area (Å²) in [7, 11) is 0.578. The maximum absolute atomic E-state index is 6.86. The van der Waals surface area contributed by atoms with Crippen LogP contribution in [0.4, 0.5) is 0 Å². The zero-order valence-corrected chi connectivity index (χ0v) is 20.5. The molecule has 0 bridgehead atoms. The van der Waals surface area contributed by atoms with Crippen molar-refractivity contribution >= 4 is 42.8 Å².